The van der Waals surface area contributed by atoms with Crippen molar-refractivity contribution in [2.45, 2.75) is 32.2 Å². The molecule has 0 spiro atoms. The van der Waals surface area contributed by atoms with Crippen molar-refractivity contribution in [2.24, 2.45) is 18.4 Å². The van der Waals surface area contributed by atoms with Crippen molar-refractivity contribution >= 4 is 0 Å². The minimum absolute atomic E-state index is 0.703. The first-order valence-electron chi connectivity index (χ1n) is 5.98. The summed E-state index contributed by atoms with van der Waals surface area (Å²) in [6.45, 7) is 2.13. The van der Waals surface area contributed by atoms with E-state index in [-0.39, 0.29) is 0 Å². The van der Waals surface area contributed by atoms with Crippen LogP contribution in [0, 0.1) is 11.3 Å². The van der Waals surface area contributed by atoms with Crippen LogP contribution in [0.25, 0.3) is 0 Å². The number of rotatable bonds is 5. The first-order chi connectivity index (χ1) is 7.28. The molecule has 2 aliphatic rings. The van der Waals surface area contributed by atoms with Crippen LogP contribution in [0.1, 0.15) is 31.4 Å². The van der Waals surface area contributed by atoms with Gasteiger partial charge in [-0.1, -0.05) is 0 Å². The highest BCUT2D eigenvalue weighted by atomic mass is 15.3. The predicted molar refractivity (Wildman–Crippen MR) is 59.3 cm³/mol. The van der Waals surface area contributed by atoms with E-state index >= 15 is 0 Å². The van der Waals surface area contributed by atoms with Gasteiger partial charge in [-0.05, 0) is 43.1 Å². The Morgan fingerprint density at radius 1 is 1.53 bits per heavy atom. The lowest BCUT2D eigenvalue weighted by molar-refractivity contribution is 0.402. The molecule has 0 bridgehead atoms. The van der Waals surface area contributed by atoms with E-state index in [9.17, 15) is 0 Å². The summed E-state index contributed by atoms with van der Waals surface area (Å²) in [6.07, 6.45) is 7.86. The maximum Gasteiger partial charge on any atom is 0.0762 e. The first-order valence-corrected chi connectivity index (χ1v) is 5.98. The third kappa shape index (κ3) is 1.93. The van der Waals surface area contributed by atoms with E-state index in [4.69, 9.17) is 0 Å². The Labute approximate surface area is 90.9 Å². The molecule has 0 saturated heterocycles. The maximum absolute atomic E-state index is 4.37. The molecule has 1 aromatic rings. The van der Waals surface area contributed by atoms with Gasteiger partial charge in [-0.2, -0.15) is 5.10 Å². The van der Waals surface area contributed by atoms with Crippen LogP contribution in [0.15, 0.2) is 12.3 Å². The zero-order valence-electron chi connectivity index (χ0n) is 9.37. The van der Waals surface area contributed by atoms with E-state index in [1.54, 1.807) is 0 Å². The molecule has 0 aliphatic heterocycles. The third-order valence-corrected chi connectivity index (χ3v) is 3.89. The second kappa shape index (κ2) is 3.34. The van der Waals surface area contributed by atoms with E-state index in [1.807, 2.05) is 17.9 Å². The number of aromatic nitrogens is 2. The summed E-state index contributed by atoms with van der Waals surface area (Å²) in [5.41, 5.74) is 1.86. The lowest BCUT2D eigenvalue weighted by Gasteiger charge is -2.14. The largest absolute Gasteiger partial charge is 0.311 e. The van der Waals surface area contributed by atoms with Gasteiger partial charge < -0.3 is 5.32 Å². The number of hydrogen-bond donors (Lipinski definition) is 1. The van der Waals surface area contributed by atoms with Crippen LogP contribution in [0.3, 0.4) is 0 Å². The number of hydrogen-bond acceptors (Lipinski definition) is 2. The zero-order chi connectivity index (χ0) is 10.3. The Bertz CT molecular complexity index is 348. The van der Waals surface area contributed by atoms with Gasteiger partial charge in [0.25, 0.3) is 0 Å². The molecule has 0 unspecified atom stereocenters. The molecule has 0 amide bonds. The average Bonchev–Trinajstić information content (AvgIpc) is 3.08. The Morgan fingerprint density at radius 3 is 2.87 bits per heavy atom. The number of nitrogens with one attached hydrogen (secondary N) is 1. The quantitative estimate of drug-likeness (QED) is 0.793. The Morgan fingerprint density at radius 2 is 2.33 bits per heavy atom. The van der Waals surface area contributed by atoms with E-state index in [0.717, 1.165) is 18.2 Å². The molecule has 1 heterocycles. The molecule has 0 atom stereocenters. The molecule has 0 aromatic carbocycles. The van der Waals surface area contributed by atoms with Gasteiger partial charge in [-0.25, -0.2) is 0 Å². The van der Waals surface area contributed by atoms with Crippen LogP contribution in [-0.4, -0.2) is 16.3 Å². The normalized spacial score (nSPS) is 23.0. The SMILES string of the molecule is Cn1ccc(CNCC2(C3CC3)CC2)n1. The van der Waals surface area contributed by atoms with Crippen molar-refractivity contribution in [3.8, 4) is 0 Å². The second-order valence-electron chi connectivity index (χ2n) is 5.22. The lowest BCUT2D eigenvalue weighted by Crippen LogP contribution is -2.25. The summed E-state index contributed by atoms with van der Waals surface area (Å²) >= 11 is 0. The van der Waals surface area contributed by atoms with Gasteiger partial charge in [-0.3, -0.25) is 4.68 Å². The summed E-state index contributed by atoms with van der Waals surface area (Å²) in [5, 5.41) is 7.93. The van der Waals surface area contributed by atoms with Gasteiger partial charge in [0.1, 0.15) is 0 Å². The van der Waals surface area contributed by atoms with E-state index < -0.39 is 0 Å². The third-order valence-electron chi connectivity index (χ3n) is 3.89. The molecule has 15 heavy (non-hydrogen) atoms. The highest BCUT2D eigenvalue weighted by molar-refractivity contribution is 5.06. The minimum Gasteiger partial charge on any atom is -0.311 e. The fraction of sp³-hybridized carbons (Fsp3) is 0.750. The Kier molecular flexibility index (Phi) is 2.09. The summed E-state index contributed by atoms with van der Waals surface area (Å²) in [4.78, 5) is 0. The van der Waals surface area contributed by atoms with E-state index in [2.05, 4.69) is 16.5 Å². The van der Waals surface area contributed by atoms with Crippen molar-refractivity contribution in [1.82, 2.24) is 15.1 Å². The maximum atomic E-state index is 4.37. The monoisotopic (exact) mass is 205 g/mol. The van der Waals surface area contributed by atoms with Gasteiger partial charge in [-0.15, -0.1) is 0 Å². The zero-order valence-corrected chi connectivity index (χ0v) is 9.37. The second-order valence-corrected chi connectivity index (χ2v) is 5.22. The smallest absolute Gasteiger partial charge is 0.0762 e. The van der Waals surface area contributed by atoms with E-state index in [0.29, 0.717) is 5.41 Å². The van der Waals surface area contributed by atoms with Crippen LogP contribution in [-0.2, 0) is 13.6 Å². The molecule has 3 nitrogen and oxygen atoms in total. The van der Waals surface area contributed by atoms with Crippen molar-refractivity contribution in [3.63, 3.8) is 0 Å². The fourth-order valence-corrected chi connectivity index (χ4v) is 2.58. The molecular formula is C12H19N3. The molecule has 0 radical (unpaired) electrons. The summed E-state index contributed by atoms with van der Waals surface area (Å²) in [7, 11) is 1.97. The molecule has 82 valence electrons. The molecule has 3 heteroatoms. The van der Waals surface area contributed by atoms with Gasteiger partial charge in [0.15, 0.2) is 0 Å². The van der Waals surface area contributed by atoms with Crippen LogP contribution in [0.5, 0.6) is 0 Å². The standard InChI is InChI=1S/C12H19N3/c1-15-7-4-11(14-15)8-13-9-12(5-6-12)10-2-3-10/h4,7,10,13H,2-3,5-6,8-9H2,1H3. The number of nitrogens with zero attached hydrogens (tertiary/aromatic N) is 2. The highest BCUT2D eigenvalue weighted by Crippen LogP contribution is 2.60. The van der Waals surface area contributed by atoms with E-state index in [1.165, 1.54) is 32.2 Å². The van der Waals surface area contributed by atoms with Crippen molar-refractivity contribution < 1.29 is 0 Å². The molecular weight excluding hydrogens is 186 g/mol. The summed E-state index contributed by atoms with van der Waals surface area (Å²) in [5.74, 6) is 1.05. The highest BCUT2D eigenvalue weighted by Gasteiger charge is 2.53. The van der Waals surface area contributed by atoms with Gasteiger partial charge in [0, 0.05) is 26.3 Å². The molecule has 2 aliphatic carbocycles. The minimum atomic E-state index is 0.703. The molecule has 3 rings (SSSR count). The van der Waals surface area contributed by atoms with Crippen LogP contribution < -0.4 is 5.32 Å². The Balaban J connectivity index is 1.47. The van der Waals surface area contributed by atoms with Gasteiger partial charge >= 0.3 is 0 Å². The topological polar surface area (TPSA) is 29.9 Å². The van der Waals surface area contributed by atoms with Gasteiger partial charge in [0.05, 0.1) is 5.69 Å². The van der Waals surface area contributed by atoms with Gasteiger partial charge in [0.2, 0.25) is 0 Å². The van der Waals surface area contributed by atoms with Crippen LogP contribution >= 0.6 is 0 Å². The average molecular weight is 205 g/mol. The van der Waals surface area contributed by atoms with Crippen LogP contribution in [0.4, 0.5) is 0 Å². The summed E-state index contributed by atoms with van der Waals surface area (Å²) < 4.78 is 1.87. The van der Waals surface area contributed by atoms with Crippen molar-refractivity contribution in [1.29, 1.82) is 0 Å². The fourth-order valence-electron chi connectivity index (χ4n) is 2.58. The predicted octanol–water partition coefficient (Wildman–Crippen LogP) is 1.70. The molecule has 2 fully saturated rings. The molecule has 1 aromatic heterocycles. The van der Waals surface area contributed by atoms with Crippen molar-refractivity contribution in [2.75, 3.05) is 6.54 Å². The van der Waals surface area contributed by atoms with Crippen LogP contribution in [0.2, 0.25) is 0 Å². The summed E-state index contributed by atoms with van der Waals surface area (Å²) in [6, 6.07) is 2.09. The molecule has 2 saturated carbocycles. The molecule has 1 N–H and O–H groups in total. The van der Waals surface area contributed by atoms with Crippen molar-refractivity contribution in [3.05, 3.63) is 18.0 Å². The first kappa shape index (κ1) is 9.40. The number of aryl methyl sites for hydroxylation is 1. The Hall–Kier alpha value is -0.830. The lowest BCUT2D eigenvalue weighted by atomic mass is 10.0.